The lowest BCUT2D eigenvalue weighted by Crippen LogP contribution is -2.10. The molecule has 0 aliphatic rings. The predicted octanol–water partition coefficient (Wildman–Crippen LogP) is 5.80. The lowest BCUT2D eigenvalue weighted by molar-refractivity contribution is -0.137. The number of nitrogens with zero attached hydrogens (tertiary/aromatic N) is 4. The minimum absolute atomic E-state index is 0.0525. The van der Waals surface area contributed by atoms with Crippen LogP contribution in [0.15, 0.2) is 65.3 Å². The summed E-state index contributed by atoms with van der Waals surface area (Å²) in [5.74, 6) is -0.848. The maximum atomic E-state index is 15.5. The summed E-state index contributed by atoms with van der Waals surface area (Å²) >= 11 is 0. The van der Waals surface area contributed by atoms with Crippen LogP contribution in [-0.2, 0) is 18.0 Å². The molecule has 5 rings (SSSR count). The van der Waals surface area contributed by atoms with Gasteiger partial charge in [-0.05, 0) is 34.9 Å². The molecule has 37 heavy (non-hydrogen) atoms. The zero-order valence-corrected chi connectivity index (χ0v) is 19.6. The van der Waals surface area contributed by atoms with Gasteiger partial charge in [0.15, 0.2) is 11.4 Å². The Balaban J connectivity index is 1.83. The molecular formula is C26H20F4N4O3. The minimum Gasteiger partial charge on any atom is -0.435 e. The van der Waals surface area contributed by atoms with Crippen molar-refractivity contribution in [3.05, 3.63) is 77.9 Å². The Morgan fingerprint density at radius 1 is 1.08 bits per heavy atom. The van der Waals surface area contributed by atoms with Crippen molar-refractivity contribution in [2.24, 2.45) is 7.05 Å². The fourth-order valence-electron chi connectivity index (χ4n) is 4.26. The smallest absolute Gasteiger partial charge is 0.420 e. The predicted molar refractivity (Wildman–Crippen MR) is 127 cm³/mol. The van der Waals surface area contributed by atoms with E-state index in [-0.39, 0.29) is 33.9 Å². The van der Waals surface area contributed by atoms with Crippen molar-refractivity contribution in [2.75, 3.05) is 13.7 Å². The summed E-state index contributed by atoms with van der Waals surface area (Å²) in [4.78, 5) is 4.26. The van der Waals surface area contributed by atoms with Crippen LogP contribution in [0, 0.1) is 5.82 Å². The second kappa shape index (κ2) is 9.41. The van der Waals surface area contributed by atoms with Crippen molar-refractivity contribution in [1.82, 2.24) is 19.7 Å². The van der Waals surface area contributed by atoms with Gasteiger partial charge in [-0.25, -0.2) is 9.37 Å². The number of aliphatic hydroxyl groups is 1. The summed E-state index contributed by atoms with van der Waals surface area (Å²) in [5.41, 5.74) is -0.402. The molecule has 2 aromatic heterocycles. The number of ether oxygens (including phenoxy) is 1. The first-order valence-corrected chi connectivity index (χ1v) is 11.1. The molecule has 0 spiro atoms. The average Bonchev–Trinajstić information content (AvgIpc) is 3.49. The fourth-order valence-corrected chi connectivity index (χ4v) is 4.26. The van der Waals surface area contributed by atoms with E-state index in [9.17, 15) is 18.3 Å². The molecule has 1 N–H and O–H groups in total. The van der Waals surface area contributed by atoms with Crippen LogP contribution in [0.4, 0.5) is 17.6 Å². The van der Waals surface area contributed by atoms with Gasteiger partial charge in [0, 0.05) is 19.7 Å². The molecule has 3 aromatic carbocycles. The highest BCUT2D eigenvalue weighted by Crippen LogP contribution is 2.43. The largest absolute Gasteiger partial charge is 0.435 e. The van der Waals surface area contributed by atoms with Crippen molar-refractivity contribution in [1.29, 1.82) is 0 Å². The Morgan fingerprint density at radius 2 is 1.84 bits per heavy atom. The standard InChI is InChI=1S/C26H20F4N4O3/c1-34-13-31-33-24(34)21-16(14-6-4-3-5-7-14)8-9-18(27)22(21)25-32-19-11-15(20(12-35)36-2)10-17(23(19)37-25)26(28,29)30/h3-11,13,20,35H,12H2,1-2H3/t20-/m0/s1. The number of aromatic nitrogens is 4. The number of alkyl halides is 3. The number of aliphatic hydroxyl groups excluding tert-OH is 1. The van der Waals surface area contributed by atoms with Crippen molar-refractivity contribution in [3.63, 3.8) is 0 Å². The third-order valence-electron chi connectivity index (χ3n) is 6.03. The van der Waals surface area contributed by atoms with Gasteiger partial charge in [-0.3, -0.25) is 0 Å². The van der Waals surface area contributed by atoms with Crippen LogP contribution in [0.5, 0.6) is 0 Å². The van der Waals surface area contributed by atoms with Gasteiger partial charge in [0.1, 0.15) is 29.3 Å². The highest BCUT2D eigenvalue weighted by Gasteiger charge is 2.37. The number of hydrogen-bond donors (Lipinski definition) is 1. The first-order chi connectivity index (χ1) is 17.7. The van der Waals surface area contributed by atoms with E-state index in [4.69, 9.17) is 9.15 Å². The van der Waals surface area contributed by atoms with Gasteiger partial charge in [0.05, 0.1) is 12.2 Å². The van der Waals surface area contributed by atoms with Gasteiger partial charge in [-0.1, -0.05) is 36.4 Å². The van der Waals surface area contributed by atoms with Crippen LogP contribution in [0.25, 0.3) is 45.1 Å². The number of methoxy groups -OCH3 is 1. The van der Waals surface area contributed by atoms with E-state index in [1.54, 1.807) is 17.7 Å². The van der Waals surface area contributed by atoms with E-state index >= 15 is 4.39 Å². The average molecular weight is 512 g/mol. The molecule has 0 fully saturated rings. The van der Waals surface area contributed by atoms with E-state index in [1.165, 1.54) is 25.6 Å². The number of halogens is 4. The third-order valence-corrected chi connectivity index (χ3v) is 6.03. The third kappa shape index (κ3) is 4.36. The van der Waals surface area contributed by atoms with Crippen molar-refractivity contribution >= 4 is 11.1 Å². The van der Waals surface area contributed by atoms with Crippen LogP contribution >= 0.6 is 0 Å². The van der Waals surface area contributed by atoms with Crippen molar-refractivity contribution in [2.45, 2.75) is 12.3 Å². The first-order valence-electron chi connectivity index (χ1n) is 11.1. The van der Waals surface area contributed by atoms with Gasteiger partial charge >= 0.3 is 6.18 Å². The molecular weight excluding hydrogens is 492 g/mol. The van der Waals surface area contributed by atoms with Gasteiger partial charge in [-0.15, -0.1) is 10.2 Å². The summed E-state index contributed by atoms with van der Waals surface area (Å²) in [6.45, 7) is -0.548. The summed E-state index contributed by atoms with van der Waals surface area (Å²) in [7, 11) is 2.93. The molecule has 0 saturated heterocycles. The molecule has 7 nitrogen and oxygen atoms in total. The van der Waals surface area contributed by atoms with Gasteiger partial charge in [-0.2, -0.15) is 13.2 Å². The molecule has 190 valence electrons. The van der Waals surface area contributed by atoms with Gasteiger partial charge in [0.2, 0.25) is 5.89 Å². The zero-order chi connectivity index (χ0) is 26.3. The quantitative estimate of drug-likeness (QED) is 0.290. The summed E-state index contributed by atoms with van der Waals surface area (Å²) < 4.78 is 69.8. The molecule has 0 aliphatic carbocycles. The lowest BCUT2D eigenvalue weighted by Gasteiger charge is -2.15. The van der Waals surface area contributed by atoms with Gasteiger partial charge in [0.25, 0.3) is 0 Å². The Morgan fingerprint density at radius 3 is 2.46 bits per heavy atom. The summed E-state index contributed by atoms with van der Waals surface area (Å²) in [6, 6.07) is 14.0. The maximum absolute atomic E-state index is 15.5. The molecule has 2 heterocycles. The Hall–Kier alpha value is -4.09. The van der Waals surface area contributed by atoms with E-state index in [0.29, 0.717) is 5.56 Å². The Labute approximate surface area is 208 Å². The molecule has 0 saturated carbocycles. The van der Waals surface area contributed by atoms with Crippen LogP contribution < -0.4 is 0 Å². The molecule has 0 radical (unpaired) electrons. The highest BCUT2D eigenvalue weighted by atomic mass is 19.4. The number of oxazole rings is 1. The van der Waals surface area contributed by atoms with Gasteiger partial charge < -0.3 is 18.8 Å². The number of aryl methyl sites for hydroxylation is 1. The van der Waals surface area contributed by atoms with E-state index in [1.807, 2.05) is 30.3 Å². The summed E-state index contributed by atoms with van der Waals surface area (Å²) in [5, 5.41) is 17.6. The highest BCUT2D eigenvalue weighted by molar-refractivity contribution is 5.92. The second-order valence-electron chi connectivity index (χ2n) is 8.32. The monoisotopic (exact) mass is 512 g/mol. The number of hydrogen-bond acceptors (Lipinski definition) is 6. The van der Waals surface area contributed by atoms with Crippen molar-refractivity contribution < 1.29 is 31.8 Å². The minimum atomic E-state index is -4.81. The molecule has 11 heteroatoms. The molecule has 0 amide bonds. The van der Waals surface area contributed by atoms with E-state index in [2.05, 4.69) is 15.2 Å². The van der Waals surface area contributed by atoms with E-state index < -0.39 is 35.9 Å². The maximum Gasteiger partial charge on any atom is 0.420 e. The van der Waals surface area contributed by atoms with Crippen LogP contribution in [0.2, 0.25) is 0 Å². The Bertz CT molecular complexity index is 1570. The van der Waals surface area contributed by atoms with E-state index in [0.717, 1.165) is 11.6 Å². The molecule has 1 atom stereocenters. The SMILES string of the molecule is CO[C@@H](CO)c1cc(C(F)(F)F)c2oc(-c3c(F)ccc(-c4ccccc4)c3-c3nncn3C)nc2c1. The van der Waals surface area contributed by atoms with Crippen LogP contribution in [0.1, 0.15) is 17.2 Å². The van der Waals surface area contributed by atoms with Crippen molar-refractivity contribution in [3.8, 4) is 34.0 Å². The summed E-state index contributed by atoms with van der Waals surface area (Å²) in [6.07, 6.45) is -4.40. The number of fused-ring (bicyclic) bond motifs is 1. The topological polar surface area (TPSA) is 86.2 Å². The first kappa shape index (κ1) is 24.6. The molecule has 0 aliphatic heterocycles. The molecule has 0 unspecified atom stereocenters. The zero-order valence-electron chi connectivity index (χ0n) is 19.6. The molecule has 0 bridgehead atoms. The van der Waals surface area contributed by atoms with Crippen LogP contribution in [0.3, 0.4) is 0 Å². The number of benzene rings is 3. The fraction of sp³-hybridized carbons (Fsp3) is 0.192. The second-order valence-corrected chi connectivity index (χ2v) is 8.32. The Kier molecular flexibility index (Phi) is 6.26. The normalized spacial score (nSPS) is 12.8. The number of rotatable bonds is 6. The lowest BCUT2D eigenvalue weighted by atomic mass is 9.94. The molecule has 5 aromatic rings. The van der Waals surface area contributed by atoms with Crippen LogP contribution in [-0.4, -0.2) is 38.6 Å².